The number of amides is 3. The Balaban J connectivity index is 1.23. The van der Waals surface area contributed by atoms with Gasteiger partial charge in [0, 0.05) is 43.2 Å². The number of nitrogens with zero attached hydrogens (tertiary/aromatic N) is 1. The summed E-state index contributed by atoms with van der Waals surface area (Å²) < 4.78 is 0. The van der Waals surface area contributed by atoms with E-state index in [0.29, 0.717) is 17.8 Å². The van der Waals surface area contributed by atoms with Crippen molar-refractivity contribution in [1.29, 1.82) is 0 Å². The van der Waals surface area contributed by atoms with E-state index in [0.717, 1.165) is 16.7 Å². The van der Waals surface area contributed by atoms with E-state index in [1.165, 1.54) is 0 Å². The van der Waals surface area contributed by atoms with Crippen LogP contribution in [0.1, 0.15) is 47.9 Å². The zero-order chi connectivity index (χ0) is 29.9. The Morgan fingerprint density at radius 2 is 1.40 bits per heavy atom. The number of carboxylic acids is 1. The fraction of sp³-hybridized carbons (Fsp3) is 0.242. The maximum atomic E-state index is 13.3. The van der Waals surface area contributed by atoms with Gasteiger partial charge in [-0.2, -0.15) is 0 Å². The van der Waals surface area contributed by atoms with Crippen molar-refractivity contribution in [3.63, 3.8) is 0 Å². The van der Waals surface area contributed by atoms with Crippen molar-refractivity contribution in [2.45, 2.75) is 44.7 Å². The van der Waals surface area contributed by atoms with Gasteiger partial charge < -0.3 is 20.6 Å². The molecule has 0 radical (unpaired) electrons. The van der Waals surface area contributed by atoms with Gasteiger partial charge in [-0.3, -0.25) is 19.2 Å². The number of hydrogen-bond donors (Lipinski definition) is 3. The SMILES string of the molecule is O=C(CCC(=O)N[C@@H](Cc1ccccc1)C(=O)O)CNC(=O)CCC(=O)N1Cc2ccccc2C#Cc2ccccc21. The molecule has 1 heterocycles. The highest BCUT2D eigenvalue weighted by molar-refractivity contribution is 5.97. The summed E-state index contributed by atoms with van der Waals surface area (Å²) >= 11 is 0. The van der Waals surface area contributed by atoms with Gasteiger partial charge in [-0.25, -0.2) is 4.79 Å². The lowest BCUT2D eigenvalue weighted by Crippen LogP contribution is -2.42. The molecule has 1 aliphatic rings. The molecule has 3 aromatic rings. The van der Waals surface area contributed by atoms with Gasteiger partial charge >= 0.3 is 5.97 Å². The van der Waals surface area contributed by atoms with E-state index in [2.05, 4.69) is 22.5 Å². The van der Waals surface area contributed by atoms with Crippen molar-refractivity contribution < 1.29 is 29.1 Å². The predicted octanol–water partition coefficient (Wildman–Crippen LogP) is 2.99. The number of rotatable bonds is 12. The van der Waals surface area contributed by atoms with Crippen molar-refractivity contribution in [3.05, 3.63) is 101 Å². The number of Topliss-reactive ketones (excluding diaryl/α,β-unsaturated/α-hetero) is 1. The quantitative estimate of drug-likeness (QED) is 0.289. The summed E-state index contributed by atoms with van der Waals surface area (Å²) in [6, 6.07) is 22.8. The highest BCUT2D eigenvalue weighted by Gasteiger charge is 2.23. The normalized spacial score (nSPS) is 12.2. The number of anilines is 1. The van der Waals surface area contributed by atoms with Gasteiger partial charge in [0.05, 0.1) is 18.8 Å². The molecule has 3 aromatic carbocycles. The van der Waals surface area contributed by atoms with Crippen LogP contribution >= 0.6 is 0 Å². The Bertz CT molecular complexity index is 1540. The summed E-state index contributed by atoms with van der Waals surface area (Å²) in [4.78, 5) is 63.4. The molecule has 4 rings (SSSR count). The van der Waals surface area contributed by atoms with Crippen LogP contribution < -0.4 is 15.5 Å². The van der Waals surface area contributed by atoms with Gasteiger partial charge in [0.15, 0.2) is 5.78 Å². The van der Waals surface area contributed by atoms with E-state index < -0.39 is 23.8 Å². The summed E-state index contributed by atoms with van der Waals surface area (Å²) in [6.45, 7) is 0.0269. The fourth-order valence-corrected chi connectivity index (χ4v) is 4.51. The standard InChI is InChI=1S/C33H31N3O6/c37-27(16-17-31(39)35-28(33(41)42)20-23-8-2-1-3-9-23)21-34-30(38)18-19-32(40)36-22-26-12-5-4-10-24(26)14-15-25-11-6-7-13-29(25)36/h1-13,28H,16-22H2,(H,34,38)(H,35,39)(H,41,42)/t28-/m0/s1. The summed E-state index contributed by atoms with van der Waals surface area (Å²) in [7, 11) is 0. The van der Waals surface area contributed by atoms with Gasteiger partial charge in [0.2, 0.25) is 17.7 Å². The molecule has 0 saturated heterocycles. The first kappa shape index (κ1) is 29.7. The number of benzene rings is 3. The van der Waals surface area contributed by atoms with Crippen molar-refractivity contribution in [1.82, 2.24) is 10.6 Å². The van der Waals surface area contributed by atoms with Gasteiger partial charge in [-0.15, -0.1) is 0 Å². The third kappa shape index (κ3) is 8.38. The molecule has 214 valence electrons. The van der Waals surface area contributed by atoms with Crippen LogP contribution in [0.5, 0.6) is 0 Å². The average molecular weight is 566 g/mol. The Morgan fingerprint density at radius 3 is 2.17 bits per heavy atom. The smallest absolute Gasteiger partial charge is 0.326 e. The molecule has 1 atom stereocenters. The molecule has 0 aromatic heterocycles. The van der Waals surface area contributed by atoms with Gasteiger partial charge in [-0.05, 0) is 29.3 Å². The van der Waals surface area contributed by atoms with Crippen molar-refractivity contribution >= 4 is 35.2 Å². The first-order valence-corrected chi connectivity index (χ1v) is 13.6. The Morgan fingerprint density at radius 1 is 0.762 bits per heavy atom. The van der Waals surface area contributed by atoms with Crippen molar-refractivity contribution in [2.75, 3.05) is 11.4 Å². The van der Waals surface area contributed by atoms with Gasteiger partial charge in [0.1, 0.15) is 6.04 Å². The number of para-hydroxylation sites is 1. The molecule has 0 bridgehead atoms. The topological polar surface area (TPSA) is 133 Å². The maximum absolute atomic E-state index is 13.3. The number of nitrogens with one attached hydrogen (secondary N) is 2. The van der Waals surface area contributed by atoms with Crippen LogP contribution in [0, 0.1) is 11.8 Å². The molecule has 0 unspecified atom stereocenters. The molecule has 1 aliphatic heterocycles. The molecule has 9 nitrogen and oxygen atoms in total. The van der Waals surface area contributed by atoms with E-state index in [1.54, 1.807) is 29.2 Å². The molecule has 9 heteroatoms. The molecule has 0 saturated carbocycles. The first-order chi connectivity index (χ1) is 20.3. The average Bonchev–Trinajstić information content (AvgIpc) is 2.99. The molecule has 42 heavy (non-hydrogen) atoms. The van der Waals surface area contributed by atoms with Crippen molar-refractivity contribution in [2.24, 2.45) is 0 Å². The highest BCUT2D eigenvalue weighted by Crippen LogP contribution is 2.26. The van der Waals surface area contributed by atoms with E-state index >= 15 is 0 Å². The van der Waals surface area contributed by atoms with E-state index in [4.69, 9.17) is 0 Å². The molecule has 3 amide bonds. The van der Waals surface area contributed by atoms with Crippen LogP contribution in [0.4, 0.5) is 5.69 Å². The van der Waals surface area contributed by atoms with Crippen LogP contribution in [0.15, 0.2) is 78.9 Å². The van der Waals surface area contributed by atoms with Crippen LogP contribution in [-0.2, 0) is 36.9 Å². The Labute approximate surface area is 243 Å². The van der Waals surface area contributed by atoms with Crippen molar-refractivity contribution in [3.8, 4) is 11.8 Å². The van der Waals surface area contributed by atoms with Crippen LogP contribution in [0.3, 0.4) is 0 Å². The number of carbonyl (C=O) groups is 5. The monoisotopic (exact) mass is 565 g/mol. The number of fused-ring (bicyclic) bond motifs is 2. The lowest BCUT2D eigenvalue weighted by atomic mass is 10.0. The van der Waals surface area contributed by atoms with Gasteiger partial charge in [-0.1, -0.05) is 72.5 Å². The lowest BCUT2D eigenvalue weighted by molar-refractivity contribution is -0.141. The zero-order valence-corrected chi connectivity index (χ0v) is 23.0. The minimum Gasteiger partial charge on any atom is -0.480 e. The number of carbonyl (C=O) groups excluding carboxylic acids is 4. The van der Waals surface area contributed by atoms with Gasteiger partial charge in [0.25, 0.3) is 0 Å². The third-order valence-corrected chi connectivity index (χ3v) is 6.77. The second-order valence-electron chi connectivity index (χ2n) is 9.87. The maximum Gasteiger partial charge on any atom is 0.326 e. The van der Waals surface area contributed by atoms with E-state index in [-0.39, 0.29) is 50.3 Å². The lowest BCUT2D eigenvalue weighted by Gasteiger charge is -2.26. The molecule has 0 fully saturated rings. The summed E-state index contributed by atoms with van der Waals surface area (Å²) in [5.74, 6) is 3.47. The van der Waals surface area contributed by atoms with E-state index in [9.17, 15) is 29.1 Å². The second kappa shape index (κ2) is 14.4. The number of aliphatic carboxylic acids is 1. The predicted molar refractivity (Wildman–Crippen MR) is 156 cm³/mol. The van der Waals surface area contributed by atoms with Crippen LogP contribution in [0.25, 0.3) is 0 Å². The minimum absolute atomic E-state index is 0.0651. The van der Waals surface area contributed by atoms with Crippen LogP contribution in [-0.4, -0.2) is 47.2 Å². The fourth-order valence-electron chi connectivity index (χ4n) is 4.51. The Kier molecular flexibility index (Phi) is 10.2. The first-order valence-electron chi connectivity index (χ1n) is 13.6. The zero-order valence-electron chi connectivity index (χ0n) is 23.0. The highest BCUT2D eigenvalue weighted by atomic mass is 16.4. The summed E-state index contributed by atoms with van der Waals surface area (Å²) in [5, 5.41) is 14.4. The number of hydrogen-bond acceptors (Lipinski definition) is 5. The second-order valence-corrected chi connectivity index (χ2v) is 9.87. The largest absolute Gasteiger partial charge is 0.480 e. The molecule has 3 N–H and O–H groups in total. The molecular weight excluding hydrogens is 534 g/mol. The minimum atomic E-state index is -1.17. The van der Waals surface area contributed by atoms with Crippen LogP contribution in [0.2, 0.25) is 0 Å². The Hall–Kier alpha value is -5.23. The third-order valence-electron chi connectivity index (χ3n) is 6.77. The van der Waals surface area contributed by atoms with E-state index in [1.807, 2.05) is 54.6 Å². The summed E-state index contributed by atoms with van der Waals surface area (Å²) in [6.07, 6.45) is -0.422. The molecular formula is C33H31N3O6. The molecule has 0 aliphatic carbocycles. The number of ketones is 1. The molecule has 0 spiro atoms. The summed E-state index contributed by atoms with van der Waals surface area (Å²) in [5.41, 5.74) is 3.89. The number of carboxylic acid groups (broad SMARTS) is 1.